The van der Waals surface area contributed by atoms with Gasteiger partial charge in [-0.05, 0) is 68.5 Å². The Balaban J connectivity index is 1.60. The molecular formula is C23H25F3N6O2S. The molecular weight excluding hydrogens is 481 g/mol. The summed E-state index contributed by atoms with van der Waals surface area (Å²) in [7, 11) is -2.35. The number of aromatic nitrogens is 4. The maximum atomic E-state index is 13.4. The molecule has 1 N–H and O–H groups in total. The van der Waals surface area contributed by atoms with E-state index in [1.807, 2.05) is 0 Å². The molecule has 4 rings (SSSR count). The van der Waals surface area contributed by atoms with Gasteiger partial charge >= 0.3 is 6.18 Å². The smallest absolute Gasteiger partial charge is 0.342 e. The maximum absolute atomic E-state index is 13.4. The quantitative estimate of drug-likeness (QED) is 0.521. The van der Waals surface area contributed by atoms with E-state index < -0.39 is 33.4 Å². The van der Waals surface area contributed by atoms with E-state index in [1.54, 1.807) is 26.0 Å². The van der Waals surface area contributed by atoms with E-state index in [2.05, 4.69) is 24.7 Å². The minimum absolute atomic E-state index is 0.0526. The molecule has 1 aliphatic carbocycles. The molecule has 12 heteroatoms. The van der Waals surface area contributed by atoms with E-state index >= 15 is 0 Å². The van der Waals surface area contributed by atoms with Crippen LogP contribution in [-0.2, 0) is 15.9 Å². The molecule has 2 heterocycles. The van der Waals surface area contributed by atoms with Gasteiger partial charge in [-0.15, -0.1) is 5.10 Å². The van der Waals surface area contributed by atoms with Crippen molar-refractivity contribution in [2.45, 2.75) is 44.8 Å². The van der Waals surface area contributed by atoms with Gasteiger partial charge in [-0.3, -0.25) is 4.79 Å². The highest BCUT2D eigenvalue weighted by Gasteiger charge is 2.34. The van der Waals surface area contributed by atoms with E-state index in [0.29, 0.717) is 28.7 Å². The predicted octanol–water partition coefficient (Wildman–Crippen LogP) is 4.72. The van der Waals surface area contributed by atoms with E-state index in [0.717, 1.165) is 25.0 Å². The Morgan fingerprint density at radius 3 is 2.51 bits per heavy atom. The van der Waals surface area contributed by atoms with Crippen LogP contribution in [0.2, 0.25) is 0 Å². The molecule has 0 radical (unpaired) electrons. The minimum Gasteiger partial charge on any atom is -0.342 e. The highest BCUT2D eigenvalue weighted by molar-refractivity contribution is 7.92. The summed E-state index contributed by atoms with van der Waals surface area (Å²) < 4.78 is 57.6. The van der Waals surface area contributed by atoms with Crippen molar-refractivity contribution in [2.24, 2.45) is 4.36 Å². The number of pyridine rings is 1. The van der Waals surface area contributed by atoms with Crippen LogP contribution in [0.1, 0.15) is 64.9 Å². The molecule has 0 spiro atoms. The number of carbonyl (C=O) groups is 1. The van der Waals surface area contributed by atoms with Crippen molar-refractivity contribution in [2.75, 3.05) is 12.5 Å². The molecule has 1 amide bonds. The van der Waals surface area contributed by atoms with E-state index in [1.165, 1.54) is 29.5 Å². The van der Waals surface area contributed by atoms with Crippen molar-refractivity contribution in [1.82, 2.24) is 25.1 Å². The molecule has 1 atom stereocenters. The second kappa shape index (κ2) is 9.06. The van der Waals surface area contributed by atoms with Crippen LogP contribution in [0, 0.1) is 6.92 Å². The van der Waals surface area contributed by atoms with Crippen LogP contribution in [0.3, 0.4) is 0 Å². The normalized spacial score (nSPS) is 15.1. The first-order valence-electron chi connectivity index (χ1n) is 10.9. The zero-order valence-electron chi connectivity index (χ0n) is 19.6. The molecule has 0 unspecified atom stereocenters. The molecule has 0 bridgehead atoms. The van der Waals surface area contributed by atoms with Gasteiger partial charge in [0.25, 0.3) is 5.91 Å². The lowest BCUT2D eigenvalue weighted by Crippen LogP contribution is -2.29. The summed E-state index contributed by atoms with van der Waals surface area (Å²) in [6.45, 7) is 3.34. The summed E-state index contributed by atoms with van der Waals surface area (Å²) in [6.07, 6.45) is 1.57. The third-order valence-electron chi connectivity index (χ3n) is 5.34. The fourth-order valence-corrected chi connectivity index (χ4v) is 4.25. The second-order valence-corrected chi connectivity index (χ2v) is 11.4. The van der Waals surface area contributed by atoms with E-state index in [9.17, 15) is 22.2 Å². The Labute approximate surface area is 201 Å². The Morgan fingerprint density at radius 2 is 1.94 bits per heavy atom. The molecule has 3 aromatic rings. The summed E-state index contributed by atoms with van der Waals surface area (Å²) >= 11 is 0. The molecule has 2 aromatic heterocycles. The third-order valence-corrected chi connectivity index (χ3v) is 5.99. The van der Waals surface area contributed by atoms with Gasteiger partial charge in [0.2, 0.25) is 0 Å². The fraction of sp³-hybridized carbons (Fsp3) is 0.391. The van der Waals surface area contributed by atoms with Crippen molar-refractivity contribution >= 4 is 21.3 Å². The molecule has 1 saturated carbocycles. The molecule has 35 heavy (non-hydrogen) atoms. The van der Waals surface area contributed by atoms with Crippen LogP contribution >= 0.6 is 0 Å². The zero-order valence-corrected chi connectivity index (χ0v) is 20.4. The fourth-order valence-electron chi connectivity index (χ4n) is 3.63. The van der Waals surface area contributed by atoms with Crippen LogP contribution in [0.25, 0.3) is 5.82 Å². The summed E-state index contributed by atoms with van der Waals surface area (Å²) in [5.74, 6) is 0.602. The van der Waals surface area contributed by atoms with E-state index in [-0.39, 0.29) is 11.5 Å². The lowest BCUT2D eigenvalue weighted by Gasteiger charge is -2.16. The van der Waals surface area contributed by atoms with Crippen molar-refractivity contribution in [3.8, 4) is 5.82 Å². The number of nitrogens with one attached hydrogen (secondary N) is 1. The van der Waals surface area contributed by atoms with Gasteiger partial charge in [0, 0.05) is 27.8 Å². The molecule has 0 saturated heterocycles. The number of benzene rings is 1. The van der Waals surface area contributed by atoms with Crippen molar-refractivity contribution in [1.29, 1.82) is 0 Å². The van der Waals surface area contributed by atoms with Gasteiger partial charge in [-0.2, -0.15) is 22.2 Å². The van der Waals surface area contributed by atoms with Gasteiger partial charge in [-0.1, -0.05) is 0 Å². The Kier molecular flexibility index (Phi) is 6.43. The monoisotopic (exact) mass is 506 g/mol. The van der Waals surface area contributed by atoms with Gasteiger partial charge in [0.05, 0.1) is 23.5 Å². The Bertz CT molecular complexity index is 1380. The molecule has 0 aliphatic heterocycles. The van der Waals surface area contributed by atoms with Gasteiger partial charge < -0.3 is 5.32 Å². The zero-order chi connectivity index (χ0) is 25.5. The first-order chi connectivity index (χ1) is 16.3. The summed E-state index contributed by atoms with van der Waals surface area (Å²) in [6, 6.07) is 6.10. The first-order valence-corrected chi connectivity index (χ1v) is 13.2. The number of halogens is 3. The van der Waals surface area contributed by atoms with Crippen molar-refractivity contribution in [3.05, 3.63) is 64.9 Å². The Hall–Kier alpha value is -3.28. The molecule has 1 fully saturated rings. The number of amides is 1. The topological polar surface area (TPSA) is 102 Å². The van der Waals surface area contributed by atoms with E-state index in [4.69, 9.17) is 0 Å². The number of nitrogens with zero attached hydrogens (tertiary/aromatic N) is 5. The molecule has 186 valence electrons. The standard InChI is InChI=1S/C23H25F3N6O2S/c1-13(28-22(33)17-9-16(15-5-6-15)10-18(11-17)23(24,25)26)21-29-14(2)30-32(21)20-8-7-19(12-27-20)31-35(3,4)34/h7-13,15H,5-6H2,1-4H3,(H,28,33)/t13-/m0/s1. The lowest BCUT2D eigenvalue weighted by molar-refractivity contribution is -0.137. The summed E-state index contributed by atoms with van der Waals surface area (Å²) in [4.78, 5) is 21.6. The molecule has 1 aliphatic rings. The van der Waals surface area contributed by atoms with Crippen molar-refractivity contribution in [3.63, 3.8) is 0 Å². The van der Waals surface area contributed by atoms with Gasteiger partial charge in [0.1, 0.15) is 5.82 Å². The number of carbonyl (C=O) groups excluding carboxylic acids is 1. The van der Waals surface area contributed by atoms with Gasteiger partial charge in [0.15, 0.2) is 11.6 Å². The second-order valence-electron chi connectivity index (χ2n) is 8.89. The van der Waals surface area contributed by atoms with Crippen LogP contribution in [0.15, 0.2) is 40.9 Å². The third kappa shape index (κ3) is 6.05. The minimum atomic E-state index is -4.55. The first kappa shape index (κ1) is 24.8. The number of hydrogen-bond donors (Lipinski definition) is 1. The highest BCUT2D eigenvalue weighted by atomic mass is 32.2. The number of aryl methyl sites for hydroxylation is 1. The highest BCUT2D eigenvalue weighted by Crippen LogP contribution is 2.42. The number of hydrogen-bond acceptors (Lipinski definition) is 6. The Morgan fingerprint density at radius 1 is 1.23 bits per heavy atom. The van der Waals surface area contributed by atoms with Crippen LogP contribution in [0.4, 0.5) is 18.9 Å². The van der Waals surface area contributed by atoms with Crippen LogP contribution < -0.4 is 5.32 Å². The largest absolute Gasteiger partial charge is 0.416 e. The number of alkyl halides is 3. The molecule has 1 aromatic carbocycles. The number of rotatable bonds is 6. The predicted molar refractivity (Wildman–Crippen MR) is 125 cm³/mol. The van der Waals surface area contributed by atoms with Crippen molar-refractivity contribution < 1.29 is 22.2 Å². The van der Waals surface area contributed by atoms with Gasteiger partial charge in [-0.25, -0.2) is 14.2 Å². The average molecular weight is 507 g/mol. The van der Waals surface area contributed by atoms with Crippen LogP contribution in [0.5, 0.6) is 0 Å². The lowest BCUT2D eigenvalue weighted by atomic mass is 10.0. The maximum Gasteiger partial charge on any atom is 0.416 e. The molecule has 8 nitrogen and oxygen atoms in total. The SMILES string of the molecule is Cc1nc([C@H](C)NC(=O)c2cc(C3CC3)cc(C(F)(F)F)c2)n(-c2ccc(N=S(C)(C)=O)cn2)n1. The summed E-state index contributed by atoms with van der Waals surface area (Å²) in [5.41, 5.74) is 0.0774. The average Bonchev–Trinajstić information content (AvgIpc) is 3.54. The summed E-state index contributed by atoms with van der Waals surface area (Å²) in [5, 5.41) is 7.06. The van der Waals surface area contributed by atoms with Crippen LogP contribution in [-0.4, -0.2) is 42.4 Å².